The first-order valence-electron chi connectivity index (χ1n) is 14.0. The van der Waals surface area contributed by atoms with Gasteiger partial charge >= 0.3 is 0 Å². The summed E-state index contributed by atoms with van der Waals surface area (Å²) in [6.07, 6.45) is 8.40. The first kappa shape index (κ1) is 24.9. The summed E-state index contributed by atoms with van der Waals surface area (Å²) in [5.41, 5.74) is 8.24. The Labute approximate surface area is 239 Å². The summed E-state index contributed by atoms with van der Waals surface area (Å²) in [5.74, 6) is -1.27. The number of hydrogen-bond donors (Lipinski definition) is 0. The van der Waals surface area contributed by atoms with E-state index in [1.54, 1.807) is 18.2 Å². The fourth-order valence-corrected chi connectivity index (χ4v) is 6.67. The molecule has 0 spiro atoms. The highest BCUT2D eigenvalue weighted by atomic mass is 19.1. The summed E-state index contributed by atoms with van der Waals surface area (Å²) in [5, 5.41) is 2.02. The Morgan fingerprint density at radius 3 is 1.90 bits per heavy atom. The molecule has 0 bridgehead atoms. The van der Waals surface area contributed by atoms with E-state index in [4.69, 9.17) is 0 Å². The highest BCUT2D eigenvalue weighted by Crippen LogP contribution is 2.40. The molecule has 6 aromatic rings. The fourth-order valence-electron chi connectivity index (χ4n) is 6.67. The van der Waals surface area contributed by atoms with Crippen molar-refractivity contribution in [3.63, 3.8) is 0 Å². The Morgan fingerprint density at radius 2 is 1.21 bits per heavy atom. The standard InChI is InChI=1S/C36H24F4N2/c37-23-7-11-33-29(17-23)30-18-24(38)8-12-34(30)41(33)27-5-1-3-21(15-27)22-4-2-6-28(16-22)42-35-13-9-25(39)19-31(35)32-20-26(40)10-14-36(32)42/h1,3,5-9,11-13,15-20H,2,4,10,14H2. The first-order chi connectivity index (χ1) is 20.4. The minimum Gasteiger partial charge on any atom is -0.313 e. The van der Waals surface area contributed by atoms with E-state index >= 15 is 0 Å². The van der Waals surface area contributed by atoms with Crippen LogP contribution in [0.15, 0.2) is 96.8 Å². The van der Waals surface area contributed by atoms with Crippen LogP contribution in [0.4, 0.5) is 17.6 Å². The zero-order valence-electron chi connectivity index (χ0n) is 22.5. The average molecular weight is 561 g/mol. The number of hydrogen-bond acceptors (Lipinski definition) is 0. The molecule has 0 amide bonds. The quantitative estimate of drug-likeness (QED) is 0.191. The third-order valence-corrected chi connectivity index (χ3v) is 8.48. The summed E-state index contributed by atoms with van der Waals surface area (Å²) in [6, 6.07) is 22.1. The van der Waals surface area contributed by atoms with E-state index in [1.165, 1.54) is 42.5 Å². The number of aromatic nitrogens is 2. The number of nitrogens with zero attached hydrogens (tertiary/aromatic N) is 2. The van der Waals surface area contributed by atoms with Crippen LogP contribution in [0.5, 0.6) is 0 Å². The van der Waals surface area contributed by atoms with Gasteiger partial charge in [0.2, 0.25) is 0 Å². The fraction of sp³-hybridized carbons (Fsp3) is 0.111. The van der Waals surface area contributed by atoms with Gasteiger partial charge in [-0.2, -0.15) is 0 Å². The molecular weight excluding hydrogens is 536 g/mol. The predicted molar refractivity (Wildman–Crippen MR) is 161 cm³/mol. The summed E-state index contributed by atoms with van der Waals surface area (Å²) >= 11 is 0. The van der Waals surface area contributed by atoms with Gasteiger partial charge in [0.15, 0.2) is 0 Å². The summed E-state index contributed by atoms with van der Waals surface area (Å²) in [6.45, 7) is 0. The summed E-state index contributed by atoms with van der Waals surface area (Å²) in [7, 11) is 0. The Morgan fingerprint density at radius 1 is 0.571 bits per heavy atom. The van der Waals surface area contributed by atoms with Gasteiger partial charge in [0.1, 0.15) is 23.3 Å². The van der Waals surface area contributed by atoms with Crippen molar-refractivity contribution in [2.24, 2.45) is 0 Å². The summed E-state index contributed by atoms with van der Waals surface area (Å²) in [4.78, 5) is 0. The van der Waals surface area contributed by atoms with Gasteiger partial charge in [-0.1, -0.05) is 18.2 Å². The molecule has 4 aromatic carbocycles. The zero-order valence-corrected chi connectivity index (χ0v) is 22.5. The third-order valence-electron chi connectivity index (χ3n) is 8.48. The minimum atomic E-state index is -0.369. The van der Waals surface area contributed by atoms with Crippen molar-refractivity contribution >= 4 is 50.1 Å². The van der Waals surface area contributed by atoms with Gasteiger partial charge < -0.3 is 9.13 Å². The molecule has 2 aromatic heterocycles. The molecule has 0 saturated carbocycles. The molecule has 2 heterocycles. The van der Waals surface area contributed by atoms with E-state index in [2.05, 4.69) is 28.9 Å². The Bertz CT molecular complexity index is 2130. The number of allylic oxidation sites excluding steroid dienone is 5. The minimum absolute atomic E-state index is 0.188. The number of fused-ring (bicyclic) bond motifs is 6. The third kappa shape index (κ3) is 3.86. The molecule has 2 aliphatic carbocycles. The lowest BCUT2D eigenvalue weighted by molar-refractivity contribution is 0.587. The number of halogens is 4. The molecule has 0 fully saturated rings. The van der Waals surface area contributed by atoms with E-state index in [0.29, 0.717) is 29.0 Å². The second kappa shape index (κ2) is 9.35. The molecule has 0 N–H and O–H groups in total. The zero-order chi connectivity index (χ0) is 28.5. The van der Waals surface area contributed by atoms with Gasteiger partial charge in [0, 0.05) is 45.2 Å². The van der Waals surface area contributed by atoms with Crippen molar-refractivity contribution in [3.05, 3.63) is 131 Å². The molecule has 0 atom stereocenters. The van der Waals surface area contributed by atoms with E-state index in [9.17, 15) is 17.6 Å². The molecule has 0 aliphatic heterocycles. The molecule has 42 heavy (non-hydrogen) atoms. The van der Waals surface area contributed by atoms with E-state index in [-0.39, 0.29) is 23.3 Å². The van der Waals surface area contributed by atoms with Gasteiger partial charge in [-0.15, -0.1) is 0 Å². The highest BCUT2D eigenvalue weighted by Gasteiger charge is 2.23. The van der Waals surface area contributed by atoms with Crippen LogP contribution in [-0.4, -0.2) is 9.13 Å². The van der Waals surface area contributed by atoms with Crippen LogP contribution in [0.25, 0.3) is 55.7 Å². The Hall–Kier alpha value is -4.84. The molecule has 0 saturated heterocycles. The molecule has 8 rings (SSSR count). The predicted octanol–water partition coefficient (Wildman–Crippen LogP) is 10.1. The lowest BCUT2D eigenvalue weighted by Gasteiger charge is -2.20. The van der Waals surface area contributed by atoms with Crippen LogP contribution in [0, 0.1) is 17.5 Å². The van der Waals surface area contributed by atoms with E-state index < -0.39 is 0 Å². The average Bonchev–Trinajstić information content (AvgIpc) is 3.48. The maximum absolute atomic E-state index is 14.3. The Kier molecular flexibility index (Phi) is 5.54. The lowest BCUT2D eigenvalue weighted by Crippen LogP contribution is -2.07. The largest absolute Gasteiger partial charge is 0.313 e. The lowest BCUT2D eigenvalue weighted by atomic mass is 9.95. The van der Waals surface area contributed by atoms with Gasteiger partial charge in [0.25, 0.3) is 0 Å². The van der Waals surface area contributed by atoms with Crippen molar-refractivity contribution in [1.29, 1.82) is 0 Å². The molecule has 0 radical (unpaired) electrons. The van der Waals surface area contributed by atoms with Crippen molar-refractivity contribution in [2.45, 2.75) is 25.7 Å². The smallest absolute Gasteiger partial charge is 0.123 e. The molecule has 206 valence electrons. The topological polar surface area (TPSA) is 9.86 Å². The molecule has 0 unspecified atom stereocenters. The van der Waals surface area contributed by atoms with Crippen LogP contribution in [0.2, 0.25) is 0 Å². The van der Waals surface area contributed by atoms with Gasteiger partial charge in [-0.05, 0) is 109 Å². The molecule has 2 aliphatic rings. The summed E-state index contributed by atoms with van der Waals surface area (Å²) < 4.78 is 61.2. The molecular formula is C36H24F4N2. The normalized spacial score (nSPS) is 15.2. The maximum atomic E-state index is 14.3. The van der Waals surface area contributed by atoms with Gasteiger partial charge in [-0.3, -0.25) is 0 Å². The number of rotatable bonds is 3. The van der Waals surface area contributed by atoms with Gasteiger partial charge in [0.05, 0.1) is 16.6 Å². The molecule has 6 heteroatoms. The Balaban J connectivity index is 1.27. The van der Waals surface area contributed by atoms with Crippen LogP contribution in [-0.2, 0) is 6.42 Å². The first-order valence-corrected chi connectivity index (χ1v) is 14.0. The van der Waals surface area contributed by atoms with Crippen molar-refractivity contribution in [2.75, 3.05) is 0 Å². The van der Waals surface area contributed by atoms with E-state index in [1.807, 2.05) is 16.7 Å². The van der Waals surface area contributed by atoms with Crippen LogP contribution >= 0.6 is 0 Å². The van der Waals surface area contributed by atoms with Crippen molar-refractivity contribution in [3.8, 4) is 5.69 Å². The van der Waals surface area contributed by atoms with Crippen molar-refractivity contribution < 1.29 is 17.6 Å². The second-order valence-electron chi connectivity index (χ2n) is 11.0. The van der Waals surface area contributed by atoms with Gasteiger partial charge in [-0.25, -0.2) is 17.6 Å². The second-order valence-corrected chi connectivity index (χ2v) is 11.0. The monoisotopic (exact) mass is 560 g/mol. The van der Waals surface area contributed by atoms with Crippen LogP contribution in [0.3, 0.4) is 0 Å². The maximum Gasteiger partial charge on any atom is 0.123 e. The van der Waals surface area contributed by atoms with Crippen LogP contribution in [0.1, 0.15) is 36.1 Å². The SMILES string of the molecule is FC1=Cc2c(n(C3=CCCC(c4cccc(-n5c6ccc(F)cc6c6cc(F)ccc65)c4)=C3)c3ccc(F)cc23)CC1. The van der Waals surface area contributed by atoms with E-state index in [0.717, 1.165) is 63.2 Å². The van der Waals surface area contributed by atoms with Crippen molar-refractivity contribution in [1.82, 2.24) is 9.13 Å². The highest BCUT2D eigenvalue weighted by molar-refractivity contribution is 6.09. The molecule has 2 nitrogen and oxygen atoms in total. The number of benzene rings is 4. The van der Waals surface area contributed by atoms with Crippen LogP contribution < -0.4 is 0 Å².